The van der Waals surface area contributed by atoms with Gasteiger partial charge in [0, 0.05) is 12.1 Å². The number of fused-ring (bicyclic) bond motifs is 3. The fourth-order valence-corrected chi connectivity index (χ4v) is 3.07. The molecule has 0 fully saturated rings. The molecular formula is C17H12N6O2. The fraction of sp³-hybridized carbons (Fsp3) is 0.0588. The van der Waals surface area contributed by atoms with Crippen LogP contribution in [0.15, 0.2) is 59.9 Å². The molecule has 0 bridgehead atoms. The maximum atomic E-state index is 10.9. The van der Waals surface area contributed by atoms with Gasteiger partial charge >= 0.3 is 0 Å². The topological polar surface area (TPSA) is 123 Å². The van der Waals surface area contributed by atoms with Crippen LogP contribution in [0.5, 0.6) is 0 Å². The van der Waals surface area contributed by atoms with E-state index in [1.54, 1.807) is 12.1 Å². The molecule has 3 aromatic rings. The molecule has 0 aliphatic carbocycles. The molecule has 0 spiro atoms. The summed E-state index contributed by atoms with van der Waals surface area (Å²) in [4.78, 5) is 14.9. The summed E-state index contributed by atoms with van der Waals surface area (Å²) >= 11 is 0. The number of nitrogens with two attached hydrogens (primary N) is 1. The Morgan fingerprint density at radius 2 is 1.96 bits per heavy atom. The zero-order chi connectivity index (χ0) is 17.6. The SMILES string of the molecule is N#CC1=C(N)Nc2nc3ccccc3n2[C@@H]1c1ccc([N+](=O)[O-])cc1. The van der Waals surface area contributed by atoms with Crippen molar-refractivity contribution in [2.24, 2.45) is 5.73 Å². The molecule has 0 radical (unpaired) electrons. The van der Waals surface area contributed by atoms with E-state index in [9.17, 15) is 15.4 Å². The number of para-hydroxylation sites is 2. The molecule has 0 saturated heterocycles. The van der Waals surface area contributed by atoms with Crippen molar-refractivity contribution in [1.82, 2.24) is 9.55 Å². The minimum atomic E-state index is -0.505. The lowest BCUT2D eigenvalue weighted by Crippen LogP contribution is -2.27. The number of hydrogen-bond acceptors (Lipinski definition) is 6. The summed E-state index contributed by atoms with van der Waals surface area (Å²) < 4.78 is 1.88. The monoisotopic (exact) mass is 332 g/mol. The van der Waals surface area contributed by atoms with Gasteiger partial charge in [0.05, 0.1) is 21.5 Å². The van der Waals surface area contributed by atoms with Crippen LogP contribution >= 0.6 is 0 Å². The highest BCUT2D eigenvalue weighted by Crippen LogP contribution is 2.38. The highest BCUT2D eigenvalue weighted by molar-refractivity contribution is 5.80. The van der Waals surface area contributed by atoms with E-state index in [2.05, 4.69) is 16.4 Å². The van der Waals surface area contributed by atoms with Crippen molar-refractivity contribution in [3.63, 3.8) is 0 Å². The third kappa shape index (κ3) is 2.18. The maximum absolute atomic E-state index is 10.9. The predicted molar refractivity (Wildman–Crippen MR) is 91.4 cm³/mol. The van der Waals surface area contributed by atoms with Gasteiger partial charge in [0.15, 0.2) is 0 Å². The summed E-state index contributed by atoms with van der Waals surface area (Å²) in [6.07, 6.45) is 0. The summed E-state index contributed by atoms with van der Waals surface area (Å²) in [5, 5.41) is 23.5. The fourth-order valence-electron chi connectivity index (χ4n) is 3.07. The van der Waals surface area contributed by atoms with Crippen molar-refractivity contribution < 1.29 is 4.92 Å². The van der Waals surface area contributed by atoms with Crippen molar-refractivity contribution in [3.8, 4) is 6.07 Å². The molecule has 2 aromatic carbocycles. The third-order valence-corrected chi connectivity index (χ3v) is 4.20. The maximum Gasteiger partial charge on any atom is 0.269 e. The van der Waals surface area contributed by atoms with Crippen molar-refractivity contribution >= 4 is 22.7 Å². The van der Waals surface area contributed by atoms with Crippen LogP contribution in [0.25, 0.3) is 11.0 Å². The number of benzene rings is 2. The highest BCUT2D eigenvalue weighted by Gasteiger charge is 2.31. The lowest BCUT2D eigenvalue weighted by molar-refractivity contribution is -0.384. The molecule has 1 aliphatic heterocycles. The van der Waals surface area contributed by atoms with Gasteiger partial charge in [-0.1, -0.05) is 12.1 Å². The summed E-state index contributed by atoms with van der Waals surface area (Å²) in [5.41, 5.74) is 8.67. The number of nitrogens with one attached hydrogen (secondary N) is 1. The van der Waals surface area contributed by atoms with Crippen LogP contribution in [0.4, 0.5) is 11.6 Å². The quantitative estimate of drug-likeness (QED) is 0.549. The lowest BCUT2D eigenvalue weighted by atomic mass is 9.97. The number of aromatic nitrogens is 2. The normalized spacial score (nSPS) is 16.2. The average molecular weight is 332 g/mol. The Morgan fingerprint density at radius 1 is 1.24 bits per heavy atom. The molecule has 4 rings (SSSR count). The van der Waals surface area contributed by atoms with Gasteiger partial charge in [0.2, 0.25) is 5.95 Å². The van der Waals surface area contributed by atoms with E-state index < -0.39 is 11.0 Å². The van der Waals surface area contributed by atoms with Crippen LogP contribution in [0.3, 0.4) is 0 Å². The Labute approximate surface area is 142 Å². The molecule has 1 atom stereocenters. The number of nitrogens with zero attached hydrogens (tertiary/aromatic N) is 4. The summed E-state index contributed by atoms with van der Waals surface area (Å²) in [7, 11) is 0. The van der Waals surface area contributed by atoms with E-state index in [4.69, 9.17) is 5.73 Å². The van der Waals surface area contributed by atoms with Crippen LogP contribution in [-0.4, -0.2) is 14.5 Å². The van der Waals surface area contributed by atoms with Crippen LogP contribution in [0.2, 0.25) is 0 Å². The number of nitro groups is 1. The number of non-ortho nitro benzene ring substituents is 1. The Morgan fingerprint density at radius 3 is 2.64 bits per heavy atom. The highest BCUT2D eigenvalue weighted by atomic mass is 16.6. The van der Waals surface area contributed by atoms with Gasteiger partial charge in [-0.25, -0.2) is 4.98 Å². The third-order valence-electron chi connectivity index (χ3n) is 4.20. The molecule has 3 N–H and O–H groups in total. The molecular weight excluding hydrogens is 320 g/mol. The number of imidazole rings is 1. The minimum absolute atomic E-state index is 0.0103. The summed E-state index contributed by atoms with van der Waals surface area (Å²) in [6.45, 7) is 0. The van der Waals surface area contributed by atoms with Crippen LogP contribution in [0, 0.1) is 21.4 Å². The van der Waals surface area contributed by atoms with Crippen molar-refractivity contribution in [2.75, 3.05) is 5.32 Å². The average Bonchev–Trinajstić information content (AvgIpc) is 2.98. The van der Waals surface area contributed by atoms with Gasteiger partial charge in [0.25, 0.3) is 5.69 Å². The molecule has 8 nitrogen and oxygen atoms in total. The van der Waals surface area contributed by atoms with E-state index in [1.807, 2.05) is 28.8 Å². The second-order valence-electron chi connectivity index (χ2n) is 5.61. The van der Waals surface area contributed by atoms with Gasteiger partial charge in [-0.05, 0) is 29.8 Å². The summed E-state index contributed by atoms with van der Waals surface area (Å²) in [6, 6.07) is 15.3. The Balaban J connectivity index is 1.96. The molecule has 0 unspecified atom stereocenters. The molecule has 122 valence electrons. The minimum Gasteiger partial charge on any atom is -0.384 e. The van der Waals surface area contributed by atoms with Gasteiger partial charge in [-0.3, -0.25) is 14.7 Å². The number of rotatable bonds is 2. The largest absolute Gasteiger partial charge is 0.384 e. The molecule has 1 aromatic heterocycles. The number of nitriles is 1. The van der Waals surface area contributed by atoms with E-state index in [1.165, 1.54) is 12.1 Å². The van der Waals surface area contributed by atoms with Crippen molar-refractivity contribution in [1.29, 1.82) is 5.26 Å². The first-order valence-corrected chi connectivity index (χ1v) is 7.48. The molecule has 2 heterocycles. The number of allylic oxidation sites excluding steroid dienone is 1. The second-order valence-corrected chi connectivity index (χ2v) is 5.61. The van der Waals surface area contributed by atoms with E-state index in [0.29, 0.717) is 11.5 Å². The first-order chi connectivity index (χ1) is 12.1. The zero-order valence-electron chi connectivity index (χ0n) is 12.9. The Kier molecular flexibility index (Phi) is 3.15. The first-order valence-electron chi connectivity index (χ1n) is 7.48. The van der Waals surface area contributed by atoms with Gasteiger partial charge in [0.1, 0.15) is 17.9 Å². The number of hydrogen-bond donors (Lipinski definition) is 2. The standard InChI is InChI=1S/C17H12N6O2/c18-9-12-15(10-5-7-11(8-6-10)23(24)25)22-14-4-2-1-3-13(14)20-17(22)21-16(12)19/h1-8,15H,19H2,(H,20,21)/t15-/m1/s1. The van der Waals surface area contributed by atoms with Crippen molar-refractivity contribution in [3.05, 3.63) is 75.6 Å². The van der Waals surface area contributed by atoms with Crippen LogP contribution in [-0.2, 0) is 0 Å². The first kappa shape index (κ1) is 14.7. The van der Waals surface area contributed by atoms with Gasteiger partial charge in [-0.15, -0.1) is 0 Å². The van der Waals surface area contributed by atoms with E-state index in [0.717, 1.165) is 16.6 Å². The second kappa shape index (κ2) is 5.35. The molecule has 0 amide bonds. The lowest BCUT2D eigenvalue weighted by Gasteiger charge is -2.27. The molecule has 0 saturated carbocycles. The molecule has 1 aliphatic rings. The van der Waals surface area contributed by atoms with Crippen LogP contribution in [0.1, 0.15) is 11.6 Å². The van der Waals surface area contributed by atoms with Crippen LogP contribution < -0.4 is 11.1 Å². The molecule has 25 heavy (non-hydrogen) atoms. The molecule has 8 heteroatoms. The van der Waals surface area contributed by atoms with E-state index >= 15 is 0 Å². The smallest absolute Gasteiger partial charge is 0.269 e. The number of anilines is 1. The zero-order valence-corrected chi connectivity index (χ0v) is 12.9. The van der Waals surface area contributed by atoms with Gasteiger partial charge in [-0.2, -0.15) is 5.26 Å². The number of nitro benzene ring substituents is 1. The van der Waals surface area contributed by atoms with Gasteiger partial charge < -0.3 is 11.1 Å². The Bertz CT molecular complexity index is 1070. The van der Waals surface area contributed by atoms with E-state index in [-0.39, 0.29) is 11.5 Å². The van der Waals surface area contributed by atoms with Crippen molar-refractivity contribution in [2.45, 2.75) is 6.04 Å². The summed E-state index contributed by atoms with van der Waals surface area (Å²) in [5.74, 6) is 0.759. The Hall–Kier alpha value is -3.86. The predicted octanol–water partition coefficient (Wildman–Crippen LogP) is 2.65.